The molecule has 1 unspecified atom stereocenters. The van der Waals surface area contributed by atoms with Crippen molar-refractivity contribution < 1.29 is 23.1 Å². The van der Waals surface area contributed by atoms with E-state index in [0.29, 0.717) is 18.4 Å². The Morgan fingerprint density at radius 3 is 2.53 bits per heavy atom. The van der Waals surface area contributed by atoms with Crippen LogP contribution in [0.15, 0.2) is 36.5 Å². The van der Waals surface area contributed by atoms with Gasteiger partial charge in [-0.15, -0.1) is 0 Å². The maximum atomic E-state index is 14.4. The number of amides is 2. The molecule has 0 bridgehead atoms. The van der Waals surface area contributed by atoms with Crippen LogP contribution in [0.4, 0.5) is 14.6 Å². The zero-order valence-electron chi connectivity index (χ0n) is 16.2. The maximum absolute atomic E-state index is 14.4. The van der Waals surface area contributed by atoms with Crippen LogP contribution in [0.5, 0.6) is 0 Å². The number of hydrogen-bond donors (Lipinski definition) is 0. The lowest BCUT2D eigenvalue weighted by atomic mass is 9.75. The first kappa shape index (κ1) is 20.7. The lowest BCUT2D eigenvalue weighted by molar-refractivity contribution is -0.150. The summed E-state index contributed by atoms with van der Waals surface area (Å²) in [5.74, 6) is -2.21. The molecule has 1 aromatic carbocycles. The van der Waals surface area contributed by atoms with Gasteiger partial charge in [-0.05, 0) is 42.5 Å². The summed E-state index contributed by atoms with van der Waals surface area (Å²) in [7, 11) is 1.60. The summed E-state index contributed by atoms with van der Waals surface area (Å²) in [5, 5.41) is 0.100. The summed E-state index contributed by atoms with van der Waals surface area (Å²) in [4.78, 5) is 32.9. The van der Waals surface area contributed by atoms with Gasteiger partial charge in [-0.1, -0.05) is 23.7 Å². The normalized spacial score (nSPS) is 24.2. The number of anilines is 1. The van der Waals surface area contributed by atoms with E-state index in [-0.39, 0.29) is 47.7 Å². The second kappa shape index (κ2) is 8.28. The number of piperazine rings is 1. The molecule has 1 atom stereocenters. The van der Waals surface area contributed by atoms with Crippen molar-refractivity contribution in [1.82, 2.24) is 9.88 Å². The smallest absolute Gasteiger partial charge is 0.251 e. The summed E-state index contributed by atoms with van der Waals surface area (Å²) in [6.07, 6.45) is 2.49. The molecule has 1 aromatic heterocycles. The van der Waals surface area contributed by atoms with E-state index in [9.17, 15) is 18.4 Å². The molecule has 4 rings (SSSR count). The lowest BCUT2D eigenvalue weighted by Gasteiger charge is -2.47. The standard InChI is InChI=1S/C21H20ClF2N3O3/c1-30-16-6-13(7-16)19-21(29)27(20-17(24)8-14(22)9-25-20)11-18(28)26(19)10-12-2-4-15(23)5-3-12/h2-5,8-9,13,16,19H,6-7,10-11H2,1H3/t13-,16+,19?. The predicted octanol–water partition coefficient (Wildman–Crippen LogP) is 3.18. The van der Waals surface area contributed by atoms with Gasteiger partial charge in [-0.25, -0.2) is 13.8 Å². The number of rotatable bonds is 5. The Bertz CT molecular complexity index is 966. The fourth-order valence-electron chi connectivity index (χ4n) is 4.02. The molecule has 1 saturated carbocycles. The molecule has 1 aliphatic heterocycles. The number of benzene rings is 1. The summed E-state index contributed by atoms with van der Waals surface area (Å²) in [6.45, 7) is -0.170. The van der Waals surface area contributed by atoms with Gasteiger partial charge in [0.05, 0.1) is 11.1 Å². The lowest BCUT2D eigenvalue weighted by Crippen LogP contribution is -2.64. The van der Waals surface area contributed by atoms with Crippen LogP contribution < -0.4 is 4.90 Å². The highest BCUT2D eigenvalue weighted by Crippen LogP contribution is 2.38. The van der Waals surface area contributed by atoms with Gasteiger partial charge in [0.2, 0.25) is 5.91 Å². The number of nitrogens with zero attached hydrogens (tertiary/aromatic N) is 3. The molecule has 0 spiro atoms. The average molecular weight is 436 g/mol. The van der Waals surface area contributed by atoms with Crippen LogP contribution in [-0.4, -0.2) is 47.5 Å². The van der Waals surface area contributed by atoms with Crippen LogP contribution in [0.2, 0.25) is 5.02 Å². The van der Waals surface area contributed by atoms with Gasteiger partial charge >= 0.3 is 0 Å². The molecule has 1 aliphatic carbocycles. The van der Waals surface area contributed by atoms with Crippen molar-refractivity contribution >= 4 is 29.2 Å². The third-order valence-electron chi connectivity index (χ3n) is 5.69. The van der Waals surface area contributed by atoms with Crippen molar-refractivity contribution in [2.75, 3.05) is 18.6 Å². The minimum Gasteiger partial charge on any atom is -0.381 e. The van der Waals surface area contributed by atoms with Gasteiger partial charge in [0, 0.05) is 19.9 Å². The first-order valence-corrected chi connectivity index (χ1v) is 9.94. The number of carbonyl (C=O) groups is 2. The second-order valence-corrected chi connectivity index (χ2v) is 8.00. The van der Waals surface area contributed by atoms with E-state index in [2.05, 4.69) is 4.98 Å². The quantitative estimate of drug-likeness (QED) is 0.723. The Labute approximate surface area is 177 Å². The molecule has 2 aliphatic rings. The zero-order chi connectivity index (χ0) is 21.4. The fourth-order valence-corrected chi connectivity index (χ4v) is 4.17. The fraction of sp³-hybridized carbons (Fsp3) is 0.381. The van der Waals surface area contributed by atoms with Crippen LogP contribution in [0.25, 0.3) is 0 Å². The Hall–Kier alpha value is -2.58. The SMILES string of the molecule is CO[C@H]1C[C@@H](C2C(=O)N(c3ncc(Cl)cc3F)CC(=O)N2Cc2ccc(F)cc2)C1. The predicted molar refractivity (Wildman–Crippen MR) is 106 cm³/mol. The number of ether oxygens (including phenoxy) is 1. The van der Waals surface area contributed by atoms with E-state index in [1.54, 1.807) is 19.2 Å². The molecular weight excluding hydrogens is 416 g/mol. The van der Waals surface area contributed by atoms with E-state index in [1.165, 1.54) is 23.2 Å². The summed E-state index contributed by atoms with van der Waals surface area (Å²) in [5.41, 5.74) is 0.703. The van der Waals surface area contributed by atoms with Crippen LogP contribution >= 0.6 is 11.6 Å². The van der Waals surface area contributed by atoms with Crippen LogP contribution in [0.3, 0.4) is 0 Å². The molecule has 158 valence electrons. The molecular formula is C21H20ClF2N3O3. The van der Waals surface area contributed by atoms with Gasteiger partial charge in [-0.2, -0.15) is 0 Å². The monoisotopic (exact) mass is 435 g/mol. The molecule has 0 radical (unpaired) electrons. The van der Waals surface area contributed by atoms with Crippen molar-refractivity contribution in [3.05, 3.63) is 58.7 Å². The first-order chi connectivity index (χ1) is 14.4. The van der Waals surface area contributed by atoms with Crippen molar-refractivity contribution in [2.24, 2.45) is 5.92 Å². The van der Waals surface area contributed by atoms with Crippen molar-refractivity contribution in [3.8, 4) is 0 Å². The van der Waals surface area contributed by atoms with E-state index in [1.807, 2.05) is 0 Å². The number of hydrogen-bond acceptors (Lipinski definition) is 4. The Morgan fingerprint density at radius 1 is 1.20 bits per heavy atom. The van der Waals surface area contributed by atoms with Crippen LogP contribution in [0.1, 0.15) is 18.4 Å². The van der Waals surface area contributed by atoms with Gasteiger partial charge in [0.25, 0.3) is 5.91 Å². The van der Waals surface area contributed by atoms with E-state index < -0.39 is 17.8 Å². The molecule has 2 fully saturated rings. The number of pyridine rings is 1. The maximum Gasteiger partial charge on any atom is 0.251 e. The molecule has 1 saturated heterocycles. The topological polar surface area (TPSA) is 62.7 Å². The third-order valence-corrected chi connectivity index (χ3v) is 5.90. The molecule has 2 aromatic rings. The highest BCUT2D eigenvalue weighted by molar-refractivity contribution is 6.30. The van der Waals surface area contributed by atoms with Crippen molar-refractivity contribution in [1.29, 1.82) is 0 Å². The van der Waals surface area contributed by atoms with E-state index in [4.69, 9.17) is 16.3 Å². The molecule has 9 heteroatoms. The Balaban J connectivity index is 1.64. The minimum absolute atomic E-state index is 0.0198. The first-order valence-electron chi connectivity index (χ1n) is 9.56. The van der Waals surface area contributed by atoms with Gasteiger partial charge < -0.3 is 9.64 Å². The number of aromatic nitrogens is 1. The van der Waals surface area contributed by atoms with E-state index >= 15 is 0 Å². The Morgan fingerprint density at radius 2 is 1.90 bits per heavy atom. The summed E-state index contributed by atoms with van der Waals surface area (Å²) < 4.78 is 33.0. The molecule has 0 N–H and O–H groups in total. The highest BCUT2D eigenvalue weighted by Gasteiger charge is 2.49. The molecule has 2 amide bonds. The third kappa shape index (κ3) is 3.89. The second-order valence-electron chi connectivity index (χ2n) is 7.57. The van der Waals surface area contributed by atoms with Crippen LogP contribution in [-0.2, 0) is 20.9 Å². The molecule has 6 nitrogen and oxygen atoms in total. The zero-order valence-corrected chi connectivity index (χ0v) is 17.0. The van der Waals surface area contributed by atoms with E-state index in [0.717, 1.165) is 11.0 Å². The van der Waals surface area contributed by atoms with Crippen molar-refractivity contribution in [3.63, 3.8) is 0 Å². The van der Waals surface area contributed by atoms with Gasteiger partial charge in [0.15, 0.2) is 11.6 Å². The van der Waals surface area contributed by atoms with Gasteiger partial charge in [-0.3, -0.25) is 14.5 Å². The summed E-state index contributed by atoms with van der Waals surface area (Å²) >= 11 is 5.77. The number of halogens is 3. The van der Waals surface area contributed by atoms with Gasteiger partial charge in [0.1, 0.15) is 18.4 Å². The molecule has 30 heavy (non-hydrogen) atoms. The number of methoxy groups -OCH3 is 1. The van der Waals surface area contributed by atoms with Crippen molar-refractivity contribution in [2.45, 2.75) is 31.5 Å². The highest BCUT2D eigenvalue weighted by atomic mass is 35.5. The average Bonchev–Trinajstić information content (AvgIpc) is 2.67. The number of carbonyl (C=O) groups excluding carboxylic acids is 2. The Kier molecular flexibility index (Phi) is 5.71. The molecule has 2 heterocycles. The summed E-state index contributed by atoms with van der Waals surface area (Å²) in [6, 6.07) is 6.06. The van der Waals surface area contributed by atoms with Crippen LogP contribution in [0, 0.1) is 17.6 Å². The largest absolute Gasteiger partial charge is 0.381 e. The minimum atomic E-state index is -0.778.